The van der Waals surface area contributed by atoms with Gasteiger partial charge in [0.25, 0.3) is 5.91 Å². The molecule has 2 aromatic rings. The van der Waals surface area contributed by atoms with Crippen molar-refractivity contribution in [3.63, 3.8) is 0 Å². The van der Waals surface area contributed by atoms with Gasteiger partial charge in [-0.25, -0.2) is 17.5 Å². The number of piperazine rings is 1. The summed E-state index contributed by atoms with van der Waals surface area (Å²) in [6.07, 6.45) is 0. The summed E-state index contributed by atoms with van der Waals surface area (Å²) in [5.41, 5.74) is 0.704. The van der Waals surface area contributed by atoms with Gasteiger partial charge in [0.1, 0.15) is 16.5 Å². The molecule has 0 radical (unpaired) electrons. The number of amides is 1. The maximum absolute atomic E-state index is 13.4. The van der Waals surface area contributed by atoms with Gasteiger partial charge in [0.2, 0.25) is 10.0 Å². The van der Waals surface area contributed by atoms with Crippen molar-refractivity contribution in [1.29, 1.82) is 0 Å². The quantitative estimate of drug-likeness (QED) is 0.727. The molecule has 0 saturated carbocycles. The number of hydrogen-bond donors (Lipinski definition) is 1. The van der Waals surface area contributed by atoms with Crippen molar-refractivity contribution in [3.05, 3.63) is 46.4 Å². The van der Waals surface area contributed by atoms with Gasteiger partial charge >= 0.3 is 0 Å². The molecule has 1 saturated heterocycles. The number of methoxy groups -OCH3 is 1. The maximum Gasteiger partial charge on any atom is 0.254 e. The minimum absolute atomic E-state index is 0.0276. The van der Waals surface area contributed by atoms with Crippen molar-refractivity contribution in [3.8, 4) is 5.75 Å². The molecule has 1 amide bonds. The Balaban J connectivity index is 1.49. The van der Waals surface area contributed by atoms with Crippen LogP contribution in [0.25, 0.3) is 0 Å². The lowest BCUT2D eigenvalue weighted by Crippen LogP contribution is -2.50. The number of nitrogens with one attached hydrogen (secondary N) is 1. The summed E-state index contributed by atoms with van der Waals surface area (Å²) in [4.78, 5) is 16.0. The first-order valence-corrected chi connectivity index (χ1v) is 11.2. The standard InChI is InChI=1S/C18H22FN3O4S2/c1-26-16-3-2-15(19)12-17(16)28(24,25)20-5-6-21-7-9-22(10-8-21)18(23)14-4-11-27-13-14/h2-4,11-13,20H,5-10H2,1H3. The number of thiophene rings is 1. The minimum Gasteiger partial charge on any atom is -0.495 e. The summed E-state index contributed by atoms with van der Waals surface area (Å²) in [7, 11) is -2.55. The molecule has 1 aliphatic rings. The van der Waals surface area contributed by atoms with Gasteiger partial charge in [-0.2, -0.15) is 11.3 Å². The van der Waals surface area contributed by atoms with Crippen LogP contribution in [0.4, 0.5) is 4.39 Å². The number of nitrogens with zero attached hydrogens (tertiary/aromatic N) is 2. The summed E-state index contributed by atoms with van der Waals surface area (Å²) in [5.74, 6) is -0.526. The number of benzene rings is 1. The van der Waals surface area contributed by atoms with Crippen LogP contribution in [0.2, 0.25) is 0 Å². The van der Waals surface area contributed by atoms with Crippen LogP contribution in [0, 0.1) is 5.82 Å². The molecule has 0 spiro atoms. The topological polar surface area (TPSA) is 79.0 Å². The van der Waals surface area contributed by atoms with E-state index in [4.69, 9.17) is 4.74 Å². The van der Waals surface area contributed by atoms with E-state index < -0.39 is 15.8 Å². The molecule has 0 atom stereocenters. The van der Waals surface area contributed by atoms with E-state index in [1.165, 1.54) is 24.5 Å². The predicted molar refractivity (Wildman–Crippen MR) is 105 cm³/mol. The highest BCUT2D eigenvalue weighted by atomic mass is 32.2. The molecule has 1 aromatic carbocycles. The average molecular weight is 428 g/mol. The Hall–Kier alpha value is -2.01. The van der Waals surface area contributed by atoms with Crippen LogP contribution < -0.4 is 9.46 Å². The van der Waals surface area contributed by atoms with Crippen molar-refractivity contribution in [2.75, 3.05) is 46.4 Å². The first-order valence-electron chi connectivity index (χ1n) is 8.78. The van der Waals surface area contributed by atoms with E-state index >= 15 is 0 Å². The molecule has 1 aliphatic heterocycles. The molecule has 0 aliphatic carbocycles. The summed E-state index contributed by atoms with van der Waals surface area (Å²) in [5, 5.41) is 3.72. The second-order valence-electron chi connectivity index (χ2n) is 6.34. The number of hydrogen-bond acceptors (Lipinski definition) is 6. The van der Waals surface area contributed by atoms with E-state index in [1.807, 2.05) is 16.8 Å². The first-order chi connectivity index (χ1) is 13.4. The molecule has 1 fully saturated rings. The molecule has 1 N–H and O–H groups in total. The van der Waals surface area contributed by atoms with Crippen LogP contribution >= 0.6 is 11.3 Å². The predicted octanol–water partition coefficient (Wildman–Crippen LogP) is 1.63. The molecule has 10 heteroatoms. The monoisotopic (exact) mass is 427 g/mol. The van der Waals surface area contributed by atoms with Gasteiger partial charge in [-0.15, -0.1) is 0 Å². The van der Waals surface area contributed by atoms with E-state index in [-0.39, 0.29) is 23.1 Å². The fourth-order valence-electron chi connectivity index (χ4n) is 3.02. The maximum atomic E-state index is 13.4. The van der Waals surface area contributed by atoms with Crippen molar-refractivity contribution in [2.45, 2.75) is 4.90 Å². The molecular weight excluding hydrogens is 405 g/mol. The zero-order chi connectivity index (χ0) is 20.1. The van der Waals surface area contributed by atoms with Gasteiger partial charge < -0.3 is 9.64 Å². The van der Waals surface area contributed by atoms with Crippen LogP contribution in [0.15, 0.2) is 39.9 Å². The van der Waals surface area contributed by atoms with Crippen molar-refractivity contribution < 1.29 is 22.3 Å². The third kappa shape index (κ3) is 4.88. The number of sulfonamides is 1. The van der Waals surface area contributed by atoms with Gasteiger partial charge in [0, 0.05) is 44.6 Å². The van der Waals surface area contributed by atoms with Crippen LogP contribution in [0.3, 0.4) is 0 Å². The highest BCUT2D eigenvalue weighted by molar-refractivity contribution is 7.89. The van der Waals surface area contributed by atoms with Gasteiger partial charge in [0.05, 0.1) is 12.7 Å². The van der Waals surface area contributed by atoms with Gasteiger partial charge in [0.15, 0.2) is 0 Å². The third-order valence-corrected chi connectivity index (χ3v) is 6.73. The van der Waals surface area contributed by atoms with Crippen LogP contribution in [-0.2, 0) is 10.0 Å². The first kappa shape index (κ1) is 20.7. The Labute approximate surface area is 167 Å². The Morgan fingerprint density at radius 3 is 2.64 bits per heavy atom. The second-order valence-corrected chi connectivity index (χ2v) is 8.85. The Morgan fingerprint density at radius 2 is 2.00 bits per heavy atom. The zero-order valence-corrected chi connectivity index (χ0v) is 17.1. The summed E-state index contributed by atoms with van der Waals surface area (Å²) in [6, 6.07) is 5.19. The lowest BCUT2D eigenvalue weighted by Gasteiger charge is -2.34. The molecule has 0 unspecified atom stereocenters. The van der Waals surface area contributed by atoms with Crippen molar-refractivity contribution >= 4 is 27.3 Å². The van der Waals surface area contributed by atoms with E-state index in [1.54, 1.807) is 4.90 Å². The second kappa shape index (κ2) is 8.99. The SMILES string of the molecule is COc1ccc(F)cc1S(=O)(=O)NCCN1CCN(C(=O)c2ccsc2)CC1. The number of rotatable bonds is 7. The lowest BCUT2D eigenvalue weighted by molar-refractivity contribution is 0.0640. The fourth-order valence-corrected chi connectivity index (χ4v) is 4.85. The Bertz CT molecular complexity index is 911. The summed E-state index contributed by atoms with van der Waals surface area (Å²) in [6.45, 7) is 3.21. The number of ether oxygens (including phenoxy) is 1. The van der Waals surface area contributed by atoms with Crippen molar-refractivity contribution in [2.24, 2.45) is 0 Å². The lowest BCUT2D eigenvalue weighted by atomic mass is 10.2. The largest absolute Gasteiger partial charge is 0.495 e. The molecule has 2 heterocycles. The zero-order valence-electron chi connectivity index (χ0n) is 15.4. The van der Waals surface area contributed by atoms with E-state index in [0.29, 0.717) is 38.3 Å². The highest BCUT2D eigenvalue weighted by Gasteiger charge is 2.24. The van der Waals surface area contributed by atoms with Gasteiger partial charge in [-0.3, -0.25) is 9.69 Å². The van der Waals surface area contributed by atoms with E-state index in [2.05, 4.69) is 9.62 Å². The van der Waals surface area contributed by atoms with Crippen LogP contribution in [0.5, 0.6) is 5.75 Å². The third-order valence-electron chi connectivity index (χ3n) is 4.56. The van der Waals surface area contributed by atoms with Crippen LogP contribution in [0.1, 0.15) is 10.4 Å². The number of halogens is 1. The molecule has 28 heavy (non-hydrogen) atoms. The fraction of sp³-hybridized carbons (Fsp3) is 0.389. The molecular formula is C18H22FN3O4S2. The van der Waals surface area contributed by atoms with E-state index in [9.17, 15) is 17.6 Å². The number of carbonyl (C=O) groups excluding carboxylic acids is 1. The van der Waals surface area contributed by atoms with Gasteiger partial charge in [-0.05, 0) is 29.6 Å². The summed E-state index contributed by atoms with van der Waals surface area (Å²) < 4.78 is 45.8. The van der Waals surface area contributed by atoms with Crippen molar-refractivity contribution in [1.82, 2.24) is 14.5 Å². The molecule has 1 aromatic heterocycles. The molecule has 152 valence electrons. The summed E-state index contributed by atoms with van der Waals surface area (Å²) >= 11 is 1.49. The highest BCUT2D eigenvalue weighted by Crippen LogP contribution is 2.24. The Morgan fingerprint density at radius 1 is 1.25 bits per heavy atom. The van der Waals surface area contributed by atoms with Gasteiger partial charge in [-0.1, -0.05) is 0 Å². The minimum atomic E-state index is -3.89. The molecule has 7 nitrogen and oxygen atoms in total. The van der Waals surface area contributed by atoms with E-state index in [0.717, 1.165) is 12.1 Å². The molecule has 3 rings (SSSR count). The van der Waals surface area contributed by atoms with Crippen LogP contribution in [-0.4, -0.2) is 70.5 Å². The molecule has 0 bridgehead atoms. The normalized spacial score (nSPS) is 15.6. The number of carbonyl (C=O) groups is 1. The Kier molecular flexibility index (Phi) is 6.65. The average Bonchev–Trinajstić information content (AvgIpc) is 3.22. The smallest absolute Gasteiger partial charge is 0.254 e.